The van der Waals surface area contributed by atoms with Crippen molar-refractivity contribution >= 4 is 17.4 Å². The molecule has 0 atom stereocenters. The Morgan fingerprint density at radius 2 is 2.25 bits per heavy atom. The van der Waals surface area contributed by atoms with Crippen molar-refractivity contribution in [2.45, 2.75) is 38.3 Å². The van der Waals surface area contributed by atoms with E-state index in [-0.39, 0.29) is 11.6 Å². The van der Waals surface area contributed by atoms with E-state index >= 15 is 0 Å². The Morgan fingerprint density at radius 3 is 2.81 bits per heavy atom. The topological polar surface area (TPSA) is 47.0 Å². The summed E-state index contributed by atoms with van der Waals surface area (Å²) in [5.74, 6) is 1.99. The molecule has 1 fully saturated rings. The zero-order valence-corrected chi connectivity index (χ0v) is 10.3. The third-order valence-corrected chi connectivity index (χ3v) is 3.01. The van der Waals surface area contributed by atoms with Crippen molar-refractivity contribution in [2.24, 2.45) is 0 Å². The predicted octanol–water partition coefficient (Wildman–Crippen LogP) is 2.45. The first-order valence-electron chi connectivity index (χ1n) is 5.46. The summed E-state index contributed by atoms with van der Waals surface area (Å²) in [6.45, 7) is 3.94. The van der Waals surface area contributed by atoms with E-state index in [9.17, 15) is 0 Å². The van der Waals surface area contributed by atoms with Gasteiger partial charge in [0.1, 0.15) is 12.1 Å². The van der Waals surface area contributed by atoms with Crippen LogP contribution in [0.15, 0.2) is 12.4 Å². The van der Waals surface area contributed by atoms with Crippen LogP contribution in [0.25, 0.3) is 0 Å². The van der Waals surface area contributed by atoms with Gasteiger partial charge < -0.3 is 10.1 Å². The fourth-order valence-electron chi connectivity index (χ4n) is 1.43. The predicted molar refractivity (Wildman–Crippen MR) is 64.1 cm³/mol. The Kier molecular flexibility index (Phi) is 3.19. The van der Waals surface area contributed by atoms with E-state index < -0.39 is 0 Å². The number of hydrogen-bond donors (Lipinski definition) is 1. The zero-order valence-electron chi connectivity index (χ0n) is 9.53. The van der Waals surface area contributed by atoms with Crippen LogP contribution in [-0.2, 0) is 0 Å². The van der Waals surface area contributed by atoms with Crippen LogP contribution in [0.5, 0.6) is 5.88 Å². The van der Waals surface area contributed by atoms with Gasteiger partial charge in [-0.25, -0.2) is 9.97 Å². The molecule has 1 N–H and O–H groups in total. The fraction of sp³-hybridized carbons (Fsp3) is 0.636. The molecule has 16 heavy (non-hydrogen) atoms. The first-order chi connectivity index (χ1) is 7.63. The zero-order chi connectivity index (χ0) is 11.6. The van der Waals surface area contributed by atoms with Crippen LogP contribution in [0, 0.1) is 0 Å². The molecule has 0 saturated heterocycles. The molecule has 0 amide bonds. The van der Waals surface area contributed by atoms with Gasteiger partial charge in [0.25, 0.3) is 0 Å². The van der Waals surface area contributed by atoms with Crippen molar-refractivity contribution in [1.29, 1.82) is 0 Å². The van der Waals surface area contributed by atoms with E-state index in [1.54, 1.807) is 0 Å². The van der Waals surface area contributed by atoms with Gasteiger partial charge in [0, 0.05) is 11.9 Å². The van der Waals surface area contributed by atoms with Gasteiger partial charge in [0.05, 0.1) is 11.6 Å². The molecule has 1 aromatic heterocycles. The van der Waals surface area contributed by atoms with Gasteiger partial charge in [0.15, 0.2) is 0 Å². The summed E-state index contributed by atoms with van der Waals surface area (Å²) in [7, 11) is 0. The van der Waals surface area contributed by atoms with Crippen LogP contribution in [0.3, 0.4) is 0 Å². The maximum atomic E-state index is 5.89. The molecule has 5 heteroatoms. The molecule has 1 heterocycles. The number of alkyl halides is 1. The number of ether oxygens (including phenoxy) is 1. The standard InChI is InChI=1S/C11H16ClN3O/c1-8(2)16-10-5-9(13-7-14-10)15-11(6-12)3-4-11/h5,7-8H,3-4,6H2,1-2H3,(H,13,14,15). The van der Waals surface area contributed by atoms with E-state index in [2.05, 4.69) is 15.3 Å². The van der Waals surface area contributed by atoms with E-state index in [4.69, 9.17) is 16.3 Å². The van der Waals surface area contributed by atoms with Crippen LogP contribution in [0.2, 0.25) is 0 Å². The van der Waals surface area contributed by atoms with Crippen molar-refractivity contribution in [1.82, 2.24) is 9.97 Å². The van der Waals surface area contributed by atoms with E-state index in [0.29, 0.717) is 11.8 Å². The molecule has 0 aliphatic heterocycles. The molecule has 1 aromatic rings. The lowest BCUT2D eigenvalue weighted by molar-refractivity contribution is 0.232. The monoisotopic (exact) mass is 241 g/mol. The molecule has 2 rings (SSSR count). The largest absolute Gasteiger partial charge is 0.475 e. The second-order valence-corrected chi connectivity index (χ2v) is 4.71. The molecule has 0 radical (unpaired) electrons. The smallest absolute Gasteiger partial charge is 0.218 e. The quantitative estimate of drug-likeness (QED) is 0.805. The summed E-state index contributed by atoms with van der Waals surface area (Å²) in [4.78, 5) is 8.21. The number of nitrogens with zero attached hydrogens (tertiary/aromatic N) is 2. The van der Waals surface area contributed by atoms with E-state index in [0.717, 1.165) is 18.7 Å². The minimum atomic E-state index is 0.0466. The summed E-state index contributed by atoms with van der Waals surface area (Å²) in [5.41, 5.74) is 0.0466. The lowest BCUT2D eigenvalue weighted by Gasteiger charge is -2.15. The molecule has 1 aliphatic rings. The molecule has 0 aromatic carbocycles. The van der Waals surface area contributed by atoms with Gasteiger partial charge in [0.2, 0.25) is 5.88 Å². The van der Waals surface area contributed by atoms with Gasteiger partial charge in [-0.3, -0.25) is 0 Å². The molecule has 88 valence electrons. The number of hydrogen-bond acceptors (Lipinski definition) is 4. The third kappa shape index (κ3) is 2.76. The molecule has 0 bridgehead atoms. The Bertz CT molecular complexity index is 366. The highest BCUT2D eigenvalue weighted by Crippen LogP contribution is 2.39. The Labute approximate surface area is 100 Å². The van der Waals surface area contributed by atoms with Crippen molar-refractivity contribution in [2.75, 3.05) is 11.2 Å². The molecular weight excluding hydrogens is 226 g/mol. The number of halogens is 1. The average Bonchev–Trinajstić information content (AvgIpc) is 2.98. The van der Waals surface area contributed by atoms with Crippen molar-refractivity contribution in [3.05, 3.63) is 12.4 Å². The Balaban J connectivity index is 2.04. The Hall–Kier alpha value is -1.03. The summed E-state index contributed by atoms with van der Waals surface area (Å²) in [5, 5.41) is 3.33. The number of aromatic nitrogens is 2. The van der Waals surface area contributed by atoms with Gasteiger partial charge in [-0.15, -0.1) is 11.6 Å². The van der Waals surface area contributed by atoms with Crippen LogP contribution >= 0.6 is 11.6 Å². The molecular formula is C11H16ClN3O. The molecule has 4 nitrogen and oxygen atoms in total. The number of rotatable bonds is 5. The Morgan fingerprint density at radius 1 is 1.50 bits per heavy atom. The van der Waals surface area contributed by atoms with E-state index in [1.807, 2.05) is 19.9 Å². The minimum absolute atomic E-state index is 0.0466. The molecule has 1 saturated carbocycles. The van der Waals surface area contributed by atoms with Crippen LogP contribution in [0.4, 0.5) is 5.82 Å². The van der Waals surface area contributed by atoms with Gasteiger partial charge in [-0.05, 0) is 26.7 Å². The summed E-state index contributed by atoms with van der Waals surface area (Å²) < 4.78 is 5.50. The van der Waals surface area contributed by atoms with E-state index in [1.165, 1.54) is 6.33 Å². The highest BCUT2D eigenvalue weighted by Gasteiger charge is 2.42. The normalized spacial score (nSPS) is 17.2. The lowest BCUT2D eigenvalue weighted by Crippen LogP contribution is -2.23. The molecule has 1 aliphatic carbocycles. The van der Waals surface area contributed by atoms with Crippen LogP contribution in [-0.4, -0.2) is 27.5 Å². The summed E-state index contributed by atoms with van der Waals surface area (Å²) in [6, 6.07) is 1.81. The maximum absolute atomic E-state index is 5.89. The summed E-state index contributed by atoms with van der Waals surface area (Å²) >= 11 is 5.89. The highest BCUT2D eigenvalue weighted by molar-refractivity contribution is 6.19. The second-order valence-electron chi connectivity index (χ2n) is 4.45. The molecule has 0 spiro atoms. The van der Waals surface area contributed by atoms with Gasteiger partial charge in [-0.1, -0.05) is 0 Å². The maximum Gasteiger partial charge on any atom is 0.218 e. The third-order valence-electron chi connectivity index (χ3n) is 2.50. The number of anilines is 1. The first-order valence-corrected chi connectivity index (χ1v) is 6.00. The van der Waals surface area contributed by atoms with Gasteiger partial charge in [-0.2, -0.15) is 0 Å². The average molecular weight is 242 g/mol. The lowest BCUT2D eigenvalue weighted by atomic mass is 10.3. The van der Waals surface area contributed by atoms with Crippen LogP contribution in [0.1, 0.15) is 26.7 Å². The van der Waals surface area contributed by atoms with Crippen molar-refractivity contribution < 1.29 is 4.74 Å². The fourth-order valence-corrected chi connectivity index (χ4v) is 1.76. The SMILES string of the molecule is CC(C)Oc1cc(NC2(CCl)CC2)ncn1. The van der Waals surface area contributed by atoms with Gasteiger partial charge >= 0.3 is 0 Å². The van der Waals surface area contributed by atoms with Crippen LogP contribution < -0.4 is 10.1 Å². The van der Waals surface area contributed by atoms with Crippen molar-refractivity contribution in [3.63, 3.8) is 0 Å². The number of nitrogens with one attached hydrogen (secondary N) is 1. The second kappa shape index (κ2) is 4.45. The minimum Gasteiger partial charge on any atom is -0.475 e. The molecule has 0 unspecified atom stereocenters. The van der Waals surface area contributed by atoms with Crippen molar-refractivity contribution in [3.8, 4) is 5.88 Å². The summed E-state index contributed by atoms with van der Waals surface area (Å²) in [6.07, 6.45) is 3.82. The first kappa shape index (κ1) is 11.5. The highest BCUT2D eigenvalue weighted by atomic mass is 35.5.